The lowest BCUT2D eigenvalue weighted by Crippen LogP contribution is -1.88. The van der Waals surface area contributed by atoms with E-state index in [-0.39, 0.29) is 0 Å². The van der Waals surface area contributed by atoms with Crippen LogP contribution in [-0.2, 0) is 4.79 Å². The Kier molecular flexibility index (Phi) is 2.93. The minimum Gasteiger partial charge on any atom is -0.478 e. The summed E-state index contributed by atoms with van der Waals surface area (Å²) in [5, 5.41) is 8.85. The molecule has 4 heteroatoms. The highest BCUT2D eigenvalue weighted by atomic mass is 35.5. The number of hydrogen-bond donors (Lipinski definition) is 2. The Hall–Kier alpha value is -1.48. The zero-order valence-corrected chi connectivity index (χ0v) is 7.45. The zero-order valence-electron chi connectivity index (χ0n) is 6.70. The Morgan fingerprint density at radius 3 is 2.69 bits per heavy atom. The monoisotopic (exact) mass is 197 g/mol. The first kappa shape index (κ1) is 9.61. The Bertz CT molecular complexity index is 340. The van der Waals surface area contributed by atoms with Crippen LogP contribution in [0.5, 0.6) is 0 Å². The van der Waals surface area contributed by atoms with Crippen LogP contribution in [0.1, 0.15) is 5.56 Å². The first-order valence-corrected chi connectivity index (χ1v) is 3.93. The maximum Gasteiger partial charge on any atom is 0.328 e. The van der Waals surface area contributed by atoms with Gasteiger partial charge in [0, 0.05) is 16.8 Å². The lowest BCUT2D eigenvalue weighted by atomic mass is 10.2. The lowest BCUT2D eigenvalue weighted by molar-refractivity contribution is -0.131. The SMILES string of the molecule is Nc1cc(Cl)cc(C=CC(=O)O)c1. The predicted molar refractivity (Wildman–Crippen MR) is 52.5 cm³/mol. The van der Waals surface area contributed by atoms with Gasteiger partial charge in [0.15, 0.2) is 0 Å². The molecule has 1 rings (SSSR count). The summed E-state index contributed by atoms with van der Waals surface area (Å²) in [6.45, 7) is 0. The molecule has 0 atom stereocenters. The van der Waals surface area contributed by atoms with Crippen molar-refractivity contribution in [3.63, 3.8) is 0 Å². The molecule has 3 N–H and O–H groups in total. The van der Waals surface area contributed by atoms with E-state index in [1.165, 1.54) is 6.08 Å². The van der Waals surface area contributed by atoms with Gasteiger partial charge in [-0.2, -0.15) is 0 Å². The van der Waals surface area contributed by atoms with Crippen LogP contribution in [0.3, 0.4) is 0 Å². The van der Waals surface area contributed by atoms with Gasteiger partial charge in [0.1, 0.15) is 0 Å². The van der Waals surface area contributed by atoms with E-state index in [0.29, 0.717) is 16.3 Å². The molecule has 0 heterocycles. The fraction of sp³-hybridized carbons (Fsp3) is 0. The quantitative estimate of drug-likeness (QED) is 0.563. The second kappa shape index (κ2) is 3.96. The van der Waals surface area contributed by atoms with Crippen LogP contribution in [0.2, 0.25) is 5.02 Å². The fourth-order valence-corrected chi connectivity index (χ4v) is 1.15. The molecular formula is C9H8ClNO2. The summed E-state index contributed by atoms with van der Waals surface area (Å²) in [4.78, 5) is 10.2. The molecule has 0 unspecified atom stereocenters. The van der Waals surface area contributed by atoms with Crippen molar-refractivity contribution in [1.82, 2.24) is 0 Å². The summed E-state index contributed by atoms with van der Waals surface area (Å²) >= 11 is 5.70. The average molecular weight is 198 g/mol. The summed E-state index contributed by atoms with van der Waals surface area (Å²) < 4.78 is 0. The van der Waals surface area contributed by atoms with E-state index in [9.17, 15) is 4.79 Å². The molecule has 0 amide bonds. The molecule has 0 radical (unpaired) electrons. The molecule has 0 saturated carbocycles. The molecule has 1 aromatic rings. The number of hydrogen-bond acceptors (Lipinski definition) is 2. The second-order valence-corrected chi connectivity index (χ2v) is 2.93. The Balaban J connectivity index is 2.95. The van der Waals surface area contributed by atoms with Crippen molar-refractivity contribution in [2.75, 3.05) is 5.73 Å². The molecule has 0 fully saturated rings. The fourth-order valence-electron chi connectivity index (χ4n) is 0.900. The van der Waals surface area contributed by atoms with Gasteiger partial charge in [-0.3, -0.25) is 0 Å². The van der Waals surface area contributed by atoms with Gasteiger partial charge in [-0.25, -0.2) is 4.79 Å². The second-order valence-electron chi connectivity index (χ2n) is 2.49. The molecule has 0 saturated heterocycles. The number of aliphatic carboxylic acids is 1. The van der Waals surface area contributed by atoms with E-state index < -0.39 is 5.97 Å². The molecule has 0 bridgehead atoms. The minimum atomic E-state index is -1.00. The minimum absolute atomic E-state index is 0.491. The van der Waals surface area contributed by atoms with Crippen molar-refractivity contribution in [3.05, 3.63) is 34.9 Å². The first-order chi connectivity index (χ1) is 6.08. The maximum atomic E-state index is 10.2. The zero-order chi connectivity index (χ0) is 9.84. The molecular weight excluding hydrogens is 190 g/mol. The number of benzene rings is 1. The van der Waals surface area contributed by atoms with Crippen molar-refractivity contribution in [3.8, 4) is 0 Å². The van der Waals surface area contributed by atoms with Gasteiger partial charge in [-0.1, -0.05) is 11.6 Å². The number of carboxylic acids is 1. The largest absolute Gasteiger partial charge is 0.478 e. The Morgan fingerprint density at radius 1 is 1.46 bits per heavy atom. The van der Waals surface area contributed by atoms with Gasteiger partial charge in [0.25, 0.3) is 0 Å². The number of nitrogen functional groups attached to an aromatic ring is 1. The number of carbonyl (C=O) groups is 1. The van der Waals surface area contributed by atoms with Crippen LogP contribution in [0, 0.1) is 0 Å². The molecule has 0 aliphatic rings. The van der Waals surface area contributed by atoms with E-state index in [0.717, 1.165) is 6.08 Å². The normalized spacial score (nSPS) is 10.5. The molecule has 13 heavy (non-hydrogen) atoms. The van der Waals surface area contributed by atoms with E-state index in [1.807, 2.05) is 0 Å². The third-order valence-corrected chi connectivity index (χ3v) is 1.58. The maximum absolute atomic E-state index is 10.2. The summed E-state index contributed by atoms with van der Waals surface area (Å²) in [5.74, 6) is -1.00. The highest BCUT2D eigenvalue weighted by Crippen LogP contribution is 2.17. The number of carboxylic acid groups (broad SMARTS) is 1. The van der Waals surface area contributed by atoms with Gasteiger partial charge < -0.3 is 10.8 Å². The van der Waals surface area contributed by atoms with E-state index in [1.54, 1.807) is 18.2 Å². The number of rotatable bonds is 2. The van der Waals surface area contributed by atoms with Crippen LogP contribution in [0.25, 0.3) is 6.08 Å². The molecule has 0 spiro atoms. The topological polar surface area (TPSA) is 63.3 Å². The third kappa shape index (κ3) is 3.17. The standard InChI is InChI=1S/C9H8ClNO2/c10-7-3-6(1-2-9(12)13)4-8(11)5-7/h1-5H,11H2,(H,12,13). The van der Waals surface area contributed by atoms with E-state index >= 15 is 0 Å². The Morgan fingerprint density at radius 2 is 2.15 bits per heavy atom. The summed E-state index contributed by atoms with van der Waals surface area (Å²) in [6.07, 6.45) is 2.47. The molecule has 0 aromatic heterocycles. The van der Waals surface area contributed by atoms with Gasteiger partial charge in [0.2, 0.25) is 0 Å². The lowest BCUT2D eigenvalue weighted by Gasteiger charge is -1.97. The van der Waals surface area contributed by atoms with Crippen LogP contribution in [-0.4, -0.2) is 11.1 Å². The third-order valence-electron chi connectivity index (χ3n) is 1.36. The smallest absolute Gasteiger partial charge is 0.328 e. The first-order valence-electron chi connectivity index (χ1n) is 3.55. The number of anilines is 1. The van der Waals surface area contributed by atoms with Gasteiger partial charge in [-0.15, -0.1) is 0 Å². The van der Waals surface area contributed by atoms with E-state index in [2.05, 4.69) is 0 Å². The van der Waals surface area contributed by atoms with Crippen molar-refractivity contribution >= 4 is 29.3 Å². The van der Waals surface area contributed by atoms with Crippen LogP contribution < -0.4 is 5.73 Å². The molecule has 0 aliphatic carbocycles. The molecule has 68 valence electrons. The van der Waals surface area contributed by atoms with E-state index in [4.69, 9.17) is 22.4 Å². The molecule has 3 nitrogen and oxygen atoms in total. The number of nitrogens with two attached hydrogens (primary N) is 1. The summed E-state index contributed by atoms with van der Waals surface area (Å²) in [7, 11) is 0. The van der Waals surface area contributed by atoms with Crippen molar-refractivity contribution in [2.45, 2.75) is 0 Å². The summed E-state index contributed by atoms with van der Waals surface area (Å²) in [5.41, 5.74) is 6.69. The van der Waals surface area contributed by atoms with Gasteiger partial charge >= 0.3 is 5.97 Å². The van der Waals surface area contributed by atoms with Gasteiger partial charge in [0.05, 0.1) is 0 Å². The van der Waals surface area contributed by atoms with Gasteiger partial charge in [-0.05, 0) is 29.8 Å². The van der Waals surface area contributed by atoms with Crippen molar-refractivity contribution < 1.29 is 9.90 Å². The van der Waals surface area contributed by atoms with Crippen LogP contribution in [0.4, 0.5) is 5.69 Å². The Labute approximate surface area is 80.4 Å². The highest BCUT2D eigenvalue weighted by molar-refractivity contribution is 6.31. The average Bonchev–Trinajstić information content (AvgIpc) is 1.99. The summed E-state index contributed by atoms with van der Waals surface area (Å²) in [6, 6.07) is 4.88. The molecule has 0 aliphatic heterocycles. The van der Waals surface area contributed by atoms with Crippen molar-refractivity contribution in [1.29, 1.82) is 0 Å². The van der Waals surface area contributed by atoms with Crippen LogP contribution in [0.15, 0.2) is 24.3 Å². The highest BCUT2D eigenvalue weighted by Gasteiger charge is 1.94. The number of halogens is 1. The predicted octanol–water partition coefficient (Wildman–Crippen LogP) is 2.02. The van der Waals surface area contributed by atoms with Crippen LogP contribution >= 0.6 is 11.6 Å². The molecule has 1 aromatic carbocycles. The van der Waals surface area contributed by atoms with Crippen molar-refractivity contribution in [2.24, 2.45) is 0 Å².